The van der Waals surface area contributed by atoms with Crippen LogP contribution in [0.25, 0.3) is 0 Å². The maximum atomic E-state index is 9.73. The molecule has 0 heterocycles. The quantitative estimate of drug-likeness (QED) is 0.728. The Bertz CT molecular complexity index is 386. The highest BCUT2D eigenvalue weighted by Crippen LogP contribution is 2.22. The predicted octanol–water partition coefficient (Wildman–Crippen LogP) is 2.59. The minimum absolute atomic E-state index is 0.0492. The highest BCUT2D eigenvalue weighted by atomic mass is 16.3. The van der Waals surface area contributed by atoms with Gasteiger partial charge in [0.05, 0.1) is 6.10 Å². The molecular formula is C15H25NO2. The molecule has 0 bridgehead atoms. The molecule has 0 aliphatic heterocycles. The Balaban J connectivity index is 2.48. The zero-order valence-electron chi connectivity index (χ0n) is 11.8. The molecule has 3 heteroatoms. The molecule has 1 atom stereocenters. The van der Waals surface area contributed by atoms with E-state index in [0.29, 0.717) is 12.3 Å². The van der Waals surface area contributed by atoms with Crippen LogP contribution in [-0.2, 0) is 6.54 Å². The number of aromatic hydroxyl groups is 1. The molecule has 1 aromatic rings. The SMILES string of the molecule is Cc1ccc(O)c(CNCC(C)(C)CC(C)O)c1. The van der Waals surface area contributed by atoms with E-state index in [0.717, 1.165) is 24.1 Å². The molecule has 0 amide bonds. The van der Waals surface area contributed by atoms with Gasteiger partial charge in [-0.1, -0.05) is 31.5 Å². The van der Waals surface area contributed by atoms with Crippen LogP contribution in [0.2, 0.25) is 0 Å². The monoisotopic (exact) mass is 251 g/mol. The summed E-state index contributed by atoms with van der Waals surface area (Å²) in [6.07, 6.45) is 0.481. The number of aliphatic hydroxyl groups excluding tert-OH is 1. The average Bonchev–Trinajstić information content (AvgIpc) is 2.21. The average molecular weight is 251 g/mol. The van der Waals surface area contributed by atoms with Crippen molar-refractivity contribution < 1.29 is 10.2 Å². The zero-order valence-corrected chi connectivity index (χ0v) is 11.8. The lowest BCUT2D eigenvalue weighted by Gasteiger charge is -2.26. The molecule has 0 saturated carbocycles. The highest BCUT2D eigenvalue weighted by molar-refractivity contribution is 5.35. The smallest absolute Gasteiger partial charge is 0.120 e. The Hall–Kier alpha value is -1.06. The van der Waals surface area contributed by atoms with Crippen LogP contribution in [-0.4, -0.2) is 22.9 Å². The van der Waals surface area contributed by atoms with Gasteiger partial charge >= 0.3 is 0 Å². The van der Waals surface area contributed by atoms with Crippen LogP contribution in [0, 0.1) is 12.3 Å². The van der Waals surface area contributed by atoms with E-state index in [1.165, 1.54) is 0 Å². The maximum Gasteiger partial charge on any atom is 0.120 e. The second-order valence-electron chi connectivity index (χ2n) is 5.95. The Morgan fingerprint density at radius 2 is 2.00 bits per heavy atom. The fourth-order valence-electron chi connectivity index (χ4n) is 2.26. The number of hydrogen-bond donors (Lipinski definition) is 3. The van der Waals surface area contributed by atoms with Crippen molar-refractivity contribution >= 4 is 0 Å². The summed E-state index contributed by atoms with van der Waals surface area (Å²) in [5.41, 5.74) is 2.11. The molecule has 3 N–H and O–H groups in total. The summed E-state index contributed by atoms with van der Waals surface area (Å²) < 4.78 is 0. The van der Waals surface area contributed by atoms with Gasteiger partial charge in [0.25, 0.3) is 0 Å². The lowest BCUT2D eigenvalue weighted by atomic mass is 9.87. The minimum Gasteiger partial charge on any atom is -0.508 e. The number of rotatable bonds is 6. The number of aryl methyl sites for hydroxylation is 1. The Morgan fingerprint density at radius 3 is 2.61 bits per heavy atom. The van der Waals surface area contributed by atoms with E-state index in [9.17, 15) is 10.2 Å². The van der Waals surface area contributed by atoms with E-state index in [4.69, 9.17) is 0 Å². The van der Waals surface area contributed by atoms with E-state index < -0.39 is 0 Å². The molecule has 0 saturated heterocycles. The van der Waals surface area contributed by atoms with Crippen molar-refractivity contribution in [3.05, 3.63) is 29.3 Å². The topological polar surface area (TPSA) is 52.5 Å². The van der Waals surface area contributed by atoms with Gasteiger partial charge in [-0.2, -0.15) is 0 Å². The van der Waals surface area contributed by atoms with Crippen LogP contribution in [0.1, 0.15) is 38.3 Å². The van der Waals surface area contributed by atoms with Gasteiger partial charge in [-0.05, 0) is 31.7 Å². The Labute approximate surface area is 110 Å². The minimum atomic E-state index is -0.283. The molecule has 102 valence electrons. The number of phenolic OH excluding ortho intramolecular Hbond substituents is 1. The lowest BCUT2D eigenvalue weighted by Crippen LogP contribution is -2.31. The summed E-state index contributed by atoms with van der Waals surface area (Å²) in [7, 11) is 0. The summed E-state index contributed by atoms with van der Waals surface area (Å²) in [5.74, 6) is 0.335. The second-order valence-corrected chi connectivity index (χ2v) is 5.95. The molecule has 18 heavy (non-hydrogen) atoms. The van der Waals surface area contributed by atoms with Crippen LogP contribution < -0.4 is 5.32 Å². The van der Waals surface area contributed by atoms with Gasteiger partial charge in [0, 0.05) is 18.7 Å². The van der Waals surface area contributed by atoms with Crippen molar-refractivity contribution in [3.63, 3.8) is 0 Å². The molecule has 0 aromatic heterocycles. The first-order valence-corrected chi connectivity index (χ1v) is 6.47. The van der Waals surface area contributed by atoms with Gasteiger partial charge in [0.1, 0.15) is 5.75 Å². The van der Waals surface area contributed by atoms with Gasteiger partial charge in [-0.15, -0.1) is 0 Å². The van der Waals surface area contributed by atoms with Gasteiger partial charge in [0.2, 0.25) is 0 Å². The third kappa shape index (κ3) is 5.07. The van der Waals surface area contributed by atoms with Crippen LogP contribution in [0.3, 0.4) is 0 Å². The molecule has 0 aliphatic carbocycles. The maximum absolute atomic E-state index is 9.73. The van der Waals surface area contributed by atoms with Crippen LogP contribution in [0.5, 0.6) is 5.75 Å². The third-order valence-corrected chi connectivity index (χ3v) is 3.00. The number of phenols is 1. The van der Waals surface area contributed by atoms with Crippen LogP contribution in [0.15, 0.2) is 18.2 Å². The summed E-state index contributed by atoms with van der Waals surface area (Å²) in [6.45, 7) is 9.54. The molecule has 1 unspecified atom stereocenters. The zero-order chi connectivity index (χ0) is 13.8. The standard InChI is InChI=1S/C15H25NO2/c1-11-5-6-14(18)13(7-11)9-16-10-15(3,4)8-12(2)17/h5-7,12,16-18H,8-10H2,1-4H3. The fraction of sp³-hybridized carbons (Fsp3) is 0.600. The number of nitrogens with one attached hydrogen (secondary N) is 1. The fourth-order valence-corrected chi connectivity index (χ4v) is 2.26. The number of hydrogen-bond acceptors (Lipinski definition) is 3. The summed E-state index contributed by atoms with van der Waals surface area (Å²) >= 11 is 0. The van der Waals surface area contributed by atoms with E-state index in [-0.39, 0.29) is 11.5 Å². The van der Waals surface area contributed by atoms with Crippen molar-refractivity contribution in [2.24, 2.45) is 5.41 Å². The Kier molecular flexibility index (Phi) is 5.17. The molecular weight excluding hydrogens is 226 g/mol. The largest absolute Gasteiger partial charge is 0.508 e. The first kappa shape index (κ1) is 15.0. The molecule has 1 rings (SSSR count). The summed E-state index contributed by atoms with van der Waals surface area (Å²) in [4.78, 5) is 0. The normalized spacial score (nSPS) is 13.6. The van der Waals surface area contributed by atoms with Crippen LogP contribution >= 0.6 is 0 Å². The first-order chi connectivity index (χ1) is 8.30. The van der Waals surface area contributed by atoms with Gasteiger partial charge in [0.15, 0.2) is 0 Å². The summed E-state index contributed by atoms with van der Waals surface area (Å²) in [5, 5.41) is 22.5. The van der Waals surface area contributed by atoms with Crippen molar-refractivity contribution in [3.8, 4) is 5.75 Å². The van der Waals surface area contributed by atoms with Crippen molar-refractivity contribution in [1.82, 2.24) is 5.32 Å². The number of aliphatic hydroxyl groups is 1. The van der Waals surface area contributed by atoms with Gasteiger partial charge in [-0.3, -0.25) is 0 Å². The predicted molar refractivity (Wildman–Crippen MR) is 74.6 cm³/mol. The molecule has 0 aliphatic rings. The molecule has 3 nitrogen and oxygen atoms in total. The highest BCUT2D eigenvalue weighted by Gasteiger charge is 2.19. The Morgan fingerprint density at radius 1 is 1.33 bits per heavy atom. The van der Waals surface area contributed by atoms with Gasteiger partial charge in [-0.25, -0.2) is 0 Å². The van der Waals surface area contributed by atoms with E-state index in [2.05, 4.69) is 19.2 Å². The van der Waals surface area contributed by atoms with Crippen LogP contribution in [0.4, 0.5) is 0 Å². The third-order valence-electron chi connectivity index (χ3n) is 3.00. The molecule has 1 aromatic carbocycles. The van der Waals surface area contributed by atoms with Crippen molar-refractivity contribution in [2.75, 3.05) is 6.54 Å². The van der Waals surface area contributed by atoms with Crippen molar-refractivity contribution in [2.45, 2.75) is 46.8 Å². The molecule has 0 fully saturated rings. The van der Waals surface area contributed by atoms with E-state index in [1.54, 1.807) is 6.07 Å². The van der Waals surface area contributed by atoms with E-state index in [1.807, 2.05) is 26.0 Å². The van der Waals surface area contributed by atoms with Crippen molar-refractivity contribution in [1.29, 1.82) is 0 Å². The lowest BCUT2D eigenvalue weighted by molar-refractivity contribution is 0.128. The molecule has 0 spiro atoms. The first-order valence-electron chi connectivity index (χ1n) is 6.47. The van der Waals surface area contributed by atoms with E-state index >= 15 is 0 Å². The second kappa shape index (κ2) is 6.21. The van der Waals surface area contributed by atoms with Gasteiger partial charge < -0.3 is 15.5 Å². The molecule has 0 radical (unpaired) electrons. The number of benzene rings is 1. The summed E-state index contributed by atoms with van der Waals surface area (Å²) in [6, 6.07) is 5.62.